The second kappa shape index (κ2) is 10.3. The highest BCUT2D eigenvalue weighted by Gasteiger charge is 2.32. The fourth-order valence-electron chi connectivity index (χ4n) is 4.75. The summed E-state index contributed by atoms with van der Waals surface area (Å²) >= 11 is 6.11. The predicted octanol–water partition coefficient (Wildman–Crippen LogP) is 4.30. The predicted molar refractivity (Wildman–Crippen MR) is 117 cm³/mol. The van der Waals surface area contributed by atoms with E-state index in [0.717, 1.165) is 43.5 Å². The van der Waals surface area contributed by atoms with Gasteiger partial charge in [0.15, 0.2) is 0 Å². The van der Waals surface area contributed by atoms with Crippen molar-refractivity contribution in [3.8, 4) is 0 Å². The van der Waals surface area contributed by atoms with Gasteiger partial charge in [-0.25, -0.2) is 0 Å². The van der Waals surface area contributed by atoms with Gasteiger partial charge in [-0.2, -0.15) is 0 Å². The van der Waals surface area contributed by atoms with Gasteiger partial charge in [0.25, 0.3) is 0 Å². The van der Waals surface area contributed by atoms with Crippen molar-refractivity contribution in [3.05, 3.63) is 29.3 Å². The lowest BCUT2D eigenvalue weighted by atomic mass is 9.75. The average Bonchev–Trinajstić information content (AvgIpc) is 2.67. The molecule has 1 aromatic carbocycles. The third-order valence-electron chi connectivity index (χ3n) is 6.48. The van der Waals surface area contributed by atoms with Gasteiger partial charge in [-0.15, -0.1) is 0 Å². The average molecular weight is 409 g/mol. The Labute approximate surface area is 175 Å². The number of piperazine rings is 1. The van der Waals surface area contributed by atoms with Crippen LogP contribution in [0.3, 0.4) is 0 Å². The van der Waals surface area contributed by atoms with Crippen molar-refractivity contribution in [2.45, 2.75) is 52.2 Å². The highest BCUT2D eigenvalue weighted by atomic mass is 35.5. The van der Waals surface area contributed by atoms with Gasteiger partial charge in [-0.3, -0.25) is 4.90 Å². The number of rotatable bonds is 7. The Morgan fingerprint density at radius 3 is 2.61 bits per heavy atom. The molecule has 158 valence electrons. The van der Waals surface area contributed by atoms with Crippen LogP contribution in [0.15, 0.2) is 24.3 Å². The van der Waals surface area contributed by atoms with Crippen molar-refractivity contribution in [2.24, 2.45) is 17.8 Å². The Kier molecular flexibility index (Phi) is 8.04. The number of hydrogen-bond acceptors (Lipinski definition) is 4. The van der Waals surface area contributed by atoms with Crippen molar-refractivity contribution >= 4 is 17.3 Å². The molecule has 1 aliphatic heterocycles. The summed E-state index contributed by atoms with van der Waals surface area (Å²) in [5.74, 6) is 2.01. The van der Waals surface area contributed by atoms with E-state index in [4.69, 9.17) is 16.3 Å². The molecule has 4 nitrogen and oxygen atoms in total. The van der Waals surface area contributed by atoms with Crippen LogP contribution in [0.5, 0.6) is 0 Å². The molecule has 1 heterocycles. The molecular formula is C23H37ClN2O2. The second-order valence-corrected chi connectivity index (χ2v) is 9.56. The molecule has 0 bridgehead atoms. The maximum atomic E-state index is 10.5. The summed E-state index contributed by atoms with van der Waals surface area (Å²) in [5.41, 5.74) is 1.18. The van der Waals surface area contributed by atoms with E-state index in [-0.39, 0.29) is 0 Å². The number of β-amino-alcohol motifs (C(OH)–C–C–N with tert-alkyl or cyclic N) is 1. The van der Waals surface area contributed by atoms with Crippen molar-refractivity contribution < 1.29 is 9.84 Å². The molecule has 0 aromatic heterocycles. The number of anilines is 1. The minimum Gasteiger partial charge on any atom is -0.389 e. The standard InChI is InChI=1S/C23H37ClN2O2/c1-17(2)22-8-7-18(3)13-23(22)28-16-21(27)15-25-9-11-26(12-10-25)20-6-4-5-19(24)14-20/h4-6,14,17-18,21-23,27H,7-13,15-16H2,1-3H3/t18-,21-,22-,23+/m1/s1. The summed E-state index contributed by atoms with van der Waals surface area (Å²) in [5, 5.41) is 11.3. The summed E-state index contributed by atoms with van der Waals surface area (Å²) in [6.07, 6.45) is 3.59. The molecule has 2 fully saturated rings. The Morgan fingerprint density at radius 1 is 1.18 bits per heavy atom. The Bertz CT molecular complexity index is 604. The number of halogens is 1. The summed E-state index contributed by atoms with van der Waals surface area (Å²) in [7, 11) is 0. The first-order chi connectivity index (χ1) is 13.4. The van der Waals surface area contributed by atoms with E-state index in [1.54, 1.807) is 0 Å². The first-order valence-electron chi connectivity index (χ1n) is 10.9. The van der Waals surface area contributed by atoms with Crippen LogP contribution in [0.2, 0.25) is 5.02 Å². The lowest BCUT2D eigenvalue weighted by molar-refractivity contribution is -0.0740. The molecule has 3 rings (SSSR count). The SMILES string of the molecule is CC(C)[C@H]1CC[C@@H](C)C[C@@H]1OC[C@H](O)CN1CCN(c2cccc(Cl)c2)CC1. The molecule has 1 saturated heterocycles. The van der Waals surface area contributed by atoms with Gasteiger partial charge in [-0.05, 0) is 48.8 Å². The molecule has 1 aliphatic carbocycles. The van der Waals surface area contributed by atoms with Crippen molar-refractivity contribution in [1.29, 1.82) is 0 Å². The normalized spacial score (nSPS) is 27.9. The van der Waals surface area contributed by atoms with Gasteiger partial charge in [0.1, 0.15) is 0 Å². The molecule has 2 aliphatic rings. The van der Waals surface area contributed by atoms with Crippen LogP contribution in [-0.2, 0) is 4.74 Å². The van der Waals surface area contributed by atoms with E-state index in [1.807, 2.05) is 18.2 Å². The van der Waals surface area contributed by atoms with Gasteiger partial charge < -0.3 is 14.7 Å². The number of benzene rings is 1. The number of aliphatic hydroxyl groups excluding tert-OH is 1. The molecule has 0 spiro atoms. The Hall–Kier alpha value is -0.810. The zero-order valence-corrected chi connectivity index (χ0v) is 18.4. The van der Waals surface area contributed by atoms with Crippen LogP contribution >= 0.6 is 11.6 Å². The smallest absolute Gasteiger partial charge is 0.0900 e. The van der Waals surface area contributed by atoms with E-state index < -0.39 is 6.10 Å². The van der Waals surface area contributed by atoms with Crippen molar-refractivity contribution in [3.63, 3.8) is 0 Å². The van der Waals surface area contributed by atoms with Crippen LogP contribution in [0.25, 0.3) is 0 Å². The van der Waals surface area contributed by atoms with Gasteiger partial charge in [-0.1, -0.05) is 44.9 Å². The number of ether oxygens (including phenoxy) is 1. The van der Waals surface area contributed by atoms with Gasteiger partial charge in [0, 0.05) is 43.4 Å². The summed E-state index contributed by atoms with van der Waals surface area (Å²) < 4.78 is 6.23. The Balaban J connectivity index is 1.41. The first-order valence-corrected chi connectivity index (χ1v) is 11.3. The topological polar surface area (TPSA) is 35.9 Å². The quantitative estimate of drug-likeness (QED) is 0.729. The third kappa shape index (κ3) is 6.09. The zero-order chi connectivity index (χ0) is 20.1. The highest BCUT2D eigenvalue weighted by Crippen LogP contribution is 2.35. The molecule has 1 N–H and O–H groups in total. The summed E-state index contributed by atoms with van der Waals surface area (Å²) in [4.78, 5) is 4.71. The van der Waals surface area contributed by atoms with E-state index in [9.17, 15) is 5.11 Å². The number of nitrogens with zero attached hydrogens (tertiary/aromatic N) is 2. The van der Waals surface area contributed by atoms with Crippen LogP contribution in [0.4, 0.5) is 5.69 Å². The number of hydrogen-bond donors (Lipinski definition) is 1. The van der Waals surface area contributed by atoms with Crippen LogP contribution < -0.4 is 4.90 Å². The molecule has 5 heteroatoms. The van der Waals surface area contributed by atoms with Gasteiger partial charge in [0.2, 0.25) is 0 Å². The molecule has 0 radical (unpaired) electrons. The zero-order valence-electron chi connectivity index (χ0n) is 17.7. The molecule has 4 atom stereocenters. The minimum absolute atomic E-state index is 0.304. The lowest BCUT2D eigenvalue weighted by Gasteiger charge is -2.39. The molecule has 1 saturated carbocycles. The van der Waals surface area contributed by atoms with E-state index in [1.165, 1.54) is 18.5 Å². The van der Waals surface area contributed by atoms with Crippen molar-refractivity contribution in [1.82, 2.24) is 4.90 Å². The second-order valence-electron chi connectivity index (χ2n) is 9.12. The van der Waals surface area contributed by atoms with Crippen LogP contribution in [-0.4, -0.2) is 61.5 Å². The summed E-state index contributed by atoms with van der Waals surface area (Å²) in [6, 6.07) is 8.05. The number of aliphatic hydroxyl groups is 1. The highest BCUT2D eigenvalue weighted by molar-refractivity contribution is 6.30. The fraction of sp³-hybridized carbons (Fsp3) is 0.739. The fourth-order valence-corrected chi connectivity index (χ4v) is 4.94. The molecule has 28 heavy (non-hydrogen) atoms. The monoisotopic (exact) mass is 408 g/mol. The maximum absolute atomic E-state index is 10.5. The van der Waals surface area contributed by atoms with Gasteiger partial charge in [0.05, 0.1) is 18.8 Å². The molecular weight excluding hydrogens is 372 g/mol. The van der Waals surface area contributed by atoms with Crippen LogP contribution in [0.1, 0.15) is 40.0 Å². The first kappa shape index (κ1) is 21.9. The van der Waals surface area contributed by atoms with Crippen LogP contribution in [0, 0.1) is 17.8 Å². The third-order valence-corrected chi connectivity index (χ3v) is 6.71. The van der Waals surface area contributed by atoms with Gasteiger partial charge >= 0.3 is 0 Å². The molecule has 0 unspecified atom stereocenters. The van der Waals surface area contributed by atoms with E-state index in [0.29, 0.717) is 31.1 Å². The van der Waals surface area contributed by atoms with E-state index in [2.05, 4.69) is 36.6 Å². The molecule has 0 amide bonds. The maximum Gasteiger partial charge on any atom is 0.0900 e. The lowest BCUT2D eigenvalue weighted by Crippen LogP contribution is -2.49. The summed E-state index contributed by atoms with van der Waals surface area (Å²) in [6.45, 7) is 11.9. The Morgan fingerprint density at radius 2 is 1.93 bits per heavy atom. The van der Waals surface area contributed by atoms with Crippen molar-refractivity contribution in [2.75, 3.05) is 44.2 Å². The molecule has 1 aromatic rings. The minimum atomic E-state index is -0.414. The van der Waals surface area contributed by atoms with E-state index >= 15 is 0 Å². The largest absolute Gasteiger partial charge is 0.389 e.